The molecule has 0 saturated heterocycles. The van der Waals surface area contributed by atoms with Gasteiger partial charge in [0.25, 0.3) is 0 Å². The van der Waals surface area contributed by atoms with Crippen molar-refractivity contribution in [2.75, 3.05) is 0 Å². The van der Waals surface area contributed by atoms with E-state index in [1.807, 2.05) is 0 Å². The summed E-state index contributed by atoms with van der Waals surface area (Å²) in [6.07, 6.45) is -3.40. The molecule has 0 spiro atoms. The van der Waals surface area contributed by atoms with Crippen LogP contribution in [0.4, 0.5) is 13.2 Å². The lowest BCUT2D eigenvalue weighted by Crippen LogP contribution is -2.44. The van der Waals surface area contributed by atoms with Crippen LogP contribution in [0.15, 0.2) is 60.8 Å². The largest absolute Gasteiger partial charge is 0.487 e. The number of nitrogens with zero attached hydrogens (tertiary/aromatic N) is 1. The molecule has 0 saturated carbocycles. The van der Waals surface area contributed by atoms with Gasteiger partial charge in [0.15, 0.2) is 11.6 Å². The van der Waals surface area contributed by atoms with Crippen LogP contribution in [0.5, 0.6) is 5.75 Å². The van der Waals surface area contributed by atoms with Gasteiger partial charge < -0.3 is 4.74 Å². The van der Waals surface area contributed by atoms with Crippen molar-refractivity contribution >= 4 is 23.2 Å². The molecule has 1 aliphatic carbocycles. The molecule has 0 amide bonds. The number of ketones is 2. The predicted octanol–water partition coefficient (Wildman–Crippen LogP) is 6.16. The van der Waals surface area contributed by atoms with Crippen LogP contribution in [-0.4, -0.2) is 16.6 Å². The summed E-state index contributed by atoms with van der Waals surface area (Å²) in [6.45, 7) is 3.00. The zero-order valence-electron chi connectivity index (χ0n) is 17.7. The standard InChI is InChI=1S/C25H19ClF3NO3/c1-24(2)22-15(9-6-12-30-22)20(31)19(23(24)32)18-16(25(27,28)29)10-11-17(26)21(18)33-13-14-7-4-3-5-8-14/h3-12,19H,13H2,1-2H3. The molecule has 1 aliphatic rings. The molecule has 0 bridgehead atoms. The number of pyridine rings is 1. The quantitative estimate of drug-likeness (QED) is 0.426. The van der Waals surface area contributed by atoms with Crippen LogP contribution in [-0.2, 0) is 23.0 Å². The van der Waals surface area contributed by atoms with E-state index >= 15 is 0 Å². The fraction of sp³-hybridized carbons (Fsp3) is 0.240. The Bertz CT molecular complexity index is 1240. The lowest BCUT2D eigenvalue weighted by atomic mass is 9.66. The topological polar surface area (TPSA) is 56.3 Å². The predicted molar refractivity (Wildman–Crippen MR) is 117 cm³/mol. The van der Waals surface area contributed by atoms with E-state index in [-0.39, 0.29) is 28.6 Å². The van der Waals surface area contributed by atoms with E-state index in [1.165, 1.54) is 18.3 Å². The Labute approximate surface area is 193 Å². The second kappa shape index (κ2) is 8.30. The summed E-state index contributed by atoms with van der Waals surface area (Å²) in [6, 6.07) is 13.6. The molecule has 170 valence electrons. The maximum atomic E-state index is 14.1. The summed E-state index contributed by atoms with van der Waals surface area (Å²) in [5.41, 5.74) is -1.97. The van der Waals surface area contributed by atoms with Gasteiger partial charge in [0, 0.05) is 17.3 Å². The average molecular weight is 474 g/mol. The molecular formula is C25H19ClF3NO3. The number of rotatable bonds is 4. The maximum Gasteiger partial charge on any atom is 0.416 e. The highest BCUT2D eigenvalue weighted by molar-refractivity contribution is 6.32. The molecule has 4 rings (SSSR count). The number of hydrogen-bond acceptors (Lipinski definition) is 4. The van der Waals surface area contributed by atoms with E-state index < -0.39 is 40.2 Å². The van der Waals surface area contributed by atoms with Crippen LogP contribution >= 0.6 is 11.6 Å². The van der Waals surface area contributed by atoms with Crippen molar-refractivity contribution < 1.29 is 27.5 Å². The normalized spacial score (nSPS) is 17.6. The molecule has 2 aromatic carbocycles. The number of fused-ring (bicyclic) bond motifs is 1. The van der Waals surface area contributed by atoms with Gasteiger partial charge in [-0.1, -0.05) is 41.9 Å². The van der Waals surface area contributed by atoms with Gasteiger partial charge in [-0.15, -0.1) is 0 Å². The summed E-state index contributed by atoms with van der Waals surface area (Å²) in [4.78, 5) is 31.1. The minimum atomic E-state index is -4.84. The zero-order chi connectivity index (χ0) is 24.0. The Hall–Kier alpha value is -3.19. The molecule has 3 aromatic rings. The lowest BCUT2D eigenvalue weighted by Gasteiger charge is -2.35. The third-order valence-electron chi connectivity index (χ3n) is 5.77. The number of carbonyl (C=O) groups excluding carboxylic acids is 2. The summed E-state index contributed by atoms with van der Waals surface area (Å²) < 4.78 is 48.0. The lowest BCUT2D eigenvalue weighted by molar-refractivity contribution is -0.138. The number of aromatic nitrogens is 1. The second-order valence-electron chi connectivity index (χ2n) is 8.30. The number of benzene rings is 2. The first-order valence-electron chi connectivity index (χ1n) is 10.1. The number of alkyl halides is 3. The Morgan fingerprint density at radius 1 is 1.03 bits per heavy atom. The van der Waals surface area contributed by atoms with Gasteiger partial charge in [0.1, 0.15) is 18.3 Å². The van der Waals surface area contributed by atoms with E-state index in [2.05, 4.69) is 4.98 Å². The van der Waals surface area contributed by atoms with Crippen molar-refractivity contribution in [3.8, 4) is 5.75 Å². The van der Waals surface area contributed by atoms with Gasteiger partial charge in [0.2, 0.25) is 0 Å². The van der Waals surface area contributed by atoms with E-state index in [4.69, 9.17) is 16.3 Å². The van der Waals surface area contributed by atoms with Gasteiger partial charge in [0.05, 0.1) is 21.7 Å². The van der Waals surface area contributed by atoms with Crippen molar-refractivity contribution in [2.45, 2.75) is 38.0 Å². The molecule has 8 heteroatoms. The van der Waals surface area contributed by atoms with E-state index in [9.17, 15) is 22.8 Å². The van der Waals surface area contributed by atoms with Crippen molar-refractivity contribution in [2.24, 2.45) is 0 Å². The van der Waals surface area contributed by atoms with Crippen molar-refractivity contribution in [1.29, 1.82) is 0 Å². The summed E-state index contributed by atoms with van der Waals surface area (Å²) in [5, 5.41) is -0.121. The first kappa shape index (κ1) is 23.0. The van der Waals surface area contributed by atoms with E-state index in [1.54, 1.807) is 44.2 Å². The summed E-state index contributed by atoms with van der Waals surface area (Å²) in [5.74, 6) is -3.53. The molecule has 1 unspecified atom stereocenters. The molecule has 1 heterocycles. The van der Waals surface area contributed by atoms with Crippen LogP contribution in [0, 0.1) is 0 Å². The smallest absolute Gasteiger partial charge is 0.416 e. The van der Waals surface area contributed by atoms with Gasteiger partial charge in [-0.25, -0.2) is 0 Å². The van der Waals surface area contributed by atoms with Crippen LogP contribution in [0.2, 0.25) is 5.02 Å². The maximum absolute atomic E-state index is 14.1. The monoisotopic (exact) mass is 473 g/mol. The minimum absolute atomic E-state index is 0.0918. The SMILES string of the molecule is CC1(C)C(=O)C(c2c(C(F)(F)F)ccc(Cl)c2OCc2ccccc2)C(=O)c2cccnc21. The van der Waals surface area contributed by atoms with Crippen LogP contribution in [0.1, 0.15) is 52.5 Å². The molecule has 0 fully saturated rings. The first-order valence-corrected chi connectivity index (χ1v) is 10.5. The Kier molecular flexibility index (Phi) is 5.78. The molecule has 33 heavy (non-hydrogen) atoms. The molecule has 0 N–H and O–H groups in total. The Morgan fingerprint density at radius 2 is 1.73 bits per heavy atom. The number of carbonyl (C=O) groups is 2. The minimum Gasteiger partial charge on any atom is -0.487 e. The molecular weight excluding hydrogens is 455 g/mol. The van der Waals surface area contributed by atoms with Crippen LogP contribution in [0.25, 0.3) is 0 Å². The number of halogens is 4. The van der Waals surface area contributed by atoms with Gasteiger partial charge in [-0.05, 0) is 43.7 Å². The summed E-state index contributed by atoms with van der Waals surface area (Å²) in [7, 11) is 0. The van der Waals surface area contributed by atoms with Crippen LogP contribution in [0.3, 0.4) is 0 Å². The highest BCUT2D eigenvalue weighted by atomic mass is 35.5. The molecule has 0 aliphatic heterocycles. The first-order chi connectivity index (χ1) is 15.5. The zero-order valence-corrected chi connectivity index (χ0v) is 18.5. The molecule has 1 aromatic heterocycles. The highest BCUT2D eigenvalue weighted by Gasteiger charge is 2.51. The Balaban J connectivity index is 1.93. The van der Waals surface area contributed by atoms with Gasteiger partial charge in [-0.2, -0.15) is 13.2 Å². The molecule has 0 radical (unpaired) electrons. The van der Waals surface area contributed by atoms with E-state index in [0.29, 0.717) is 5.56 Å². The third kappa shape index (κ3) is 4.02. The van der Waals surface area contributed by atoms with Crippen molar-refractivity contribution in [1.82, 2.24) is 4.98 Å². The highest BCUT2D eigenvalue weighted by Crippen LogP contribution is 2.49. The van der Waals surface area contributed by atoms with Crippen LogP contribution < -0.4 is 4.74 Å². The van der Waals surface area contributed by atoms with Crippen molar-refractivity contribution in [3.05, 3.63) is 93.8 Å². The Morgan fingerprint density at radius 3 is 2.39 bits per heavy atom. The fourth-order valence-electron chi connectivity index (χ4n) is 4.10. The number of hydrogen-bond donors (Lipinski definition) is 0. The molecule has 4 nitrogen and oxygen atoms in total. The average Bonchev–Trinajstić information content (AvgIpc) is 2.77. The summed E-state index contributed by atoms with van der Waals surface area (Å²) >= 11 is 6.28. The number of ether oxygens (including phenoxy) is 1. The number of Topliss-reactive ketones (excluding diaryl/α,β-unsaturated/α-hetero) is 2. The van der Waals surface area contributed by atoms with Gasteiger partial charge >= 0.3 is 6.18 Å². The molecule has 1 atom stereocenters. The van der Waals surface area contributed by atoms with E-state index in [0.717, 1.165) is 12.1 Å². The van der Waals surface area contributed by atoms with Crippen molar-refractivity contribution in [3.63, 3.8) is 0 Å². The van der Waals surface area contributed by atoms with Gasteiger partial charge in [-0.3, -0.25) is 14.6 Å². The second-order valence-corrected chi connectivity index (χ2v) is 8.70. The fourth-order valence-corrected chi connectivity index (χ4v) is 4.32. The third-order valence-corrected chi connectivity index (χ3v) is 6.07.